The minimum absolute atomic E-state index is 0.0730. The summed E-state index contributed by atoms with van der Waals surface area (Å²) in [6.07, 6.45) is 0.849. The number of carbonyl (C=O) groups is 1. The fourth-order valence-corrected chi connectivity index (χ4v) is 1.58. The van der Waals surface area contributed by atoms with Gasteiger partial charge in [0.25, 0.3) is 5.91 Å². The van der Waals surface area contributed by atoms with Crippen LogP contribution in [-0.2, 0) is 16.1 Å². The number of aromatic nitrogens is 1. The lowest BCUT2D eigenvalue weighted by atomic mass is 10.2. The van der Waals surface area contributed by atoms with E-state index in [1.165, 1.54) is 12.3 Å². The molecule has 0 spiro atoms. The van der Waals surface area contributed by atoms with Gasteiger partial charge in [0, 0.05) is 6.20 Å². The Labute approximate surface area is 117 Å². The molecule has 1 atom stereocenters. The van der Waals surface area contributed by atoms with Gasteiger partial charge in [-0.05, 0) is 24.6 Å². The highest BCUT2D eigenvalue weighted by molar-refractivity contribution is 5.94. The van der Waals surface area contributed by atoms with Gasteiger partial charge in [0.15, 0.2) is 11.6 Å². The fourth-order valence-electron chi connectivity index (χ4n) is 1.58. The molecule has 5 nitrogen and oxygen atoms in total. The van der Waals surface area contributed by atoms with E-state index in [1.54, 1.807) is 13.0 Å². The molecule has 0 saturated carbocycles. The quantitative estimate of drug-likeness (QED) is 0.876. The normalized spacial score (nSPS) is 11.8. The molecule has 2 N–H and O–H groups in total. The van der Waals surface area contributed by atoms with Crippen molar-refractivity contribution in [3.8, 4) is 5.75 Å². The summed E-state index contributed by atoms with van der Waals surface area (Å²) < 4.78 is 5.48. The first-order chi connectivity index (χ1) is 9.66. The molecular weight excluding hydrogens is 256 g/mol. The van der Waals surface area contributed by atoms with Crippen molar-refractivity contribution in [2.75, 3.05) is 5.32 Å². The van der Waals surface area contributed by atoms with Crippen LogP contribution in [0, 0.1) is 0 Å². The maximum atomic E-state index is 11.9. The molecule has 1 aromatic carbocycles. The van der Waals surface area contributed by atoms with Crippen molar-refractivity contribution in [1.82, 2.24) is 4.98 Å². The third kappa shape index (κ3) is 3.80. The molecule has 1 heterocycles. The zero-order valence-electron chi connectivity index (χ0n) is 11.1. The minimum Gasteiger partial charge on any atom is -0.504 e. The van der Waals surface area contributed by atoms with Crippen LogP contribution in [0.2, 0.25) is 0 Å². The lowest BCUT2D eigenvalue weighted by Gasteiger charge is -2.13. The Kier molecular flexibility index (Phi) is 4.68. The number of hydrogen-bond donors (Lipinski definition) is 2. The number of ether oxygens (including phenoxy) is 1. The van der Waals surface area contributed by atoms with E-state index in [2.05, 4.69) is 10.3 Å². The van der Waals surface area contributed by atoms with Crippen molar-refractivity contribution >= 4 is 11.7 Å². The van der Waals surface area contributed by atoms with E-state index in [0.717, 1.165) is 5.56 Å². The highest BCUT2D eigenvalue weighted by Gasteiger charge is 2.15. The molecule has 0 saturated heterocycles. The second-order valence-corrected chi connectivity index (χ2v) is 4.30. The molecule has 0 fully saturated rings. The number of carbonyl (C=O) groups excluding carboxylic acids is 1. The van der Waals surface area contributed by atoms with E-state index in [4.69, 9.17) is 4.74 Å². The summed E-state index contributed by atoms with van der Waals surface area (Å²) in [7, 11) is 0. The number of rotatable bonds is 5. The summed E-state index contributed by atoms with van der Waals surface area (Å²) in [5, 5.41) is 12.1. The molecule has 0 bridgehead atoms. The van der Waals surface area contributed by atoms with Crippen LogP contribution >= 0.6 is 0 Å². The van der Waals surface area contributed by atoms with Crippen LogP contribution in [0.15, 0.2) is 48.7 Å². The molecule has 2 aromatic rings. The molecule has 1 unspecified atom stereocenters. The number of nitrogens with zero attached hydrogens (tertiary/aromatic N) is 1. The zero-order valence-corrected chi connectivity index (χ0v) is 11.1. The van der Waals surface area contributed by atoms with E-state index in [9.17, 15) is 9.90 Å². The van der Waals surface area contributed by atoms with Crippen molar-refractivity contribution in [1.29, 1.82) is 0 Å². The highest BCUT2D eigenvalue weighted by Crippen LogP contribution is 2.18. The van der Waals surface area contributed by atoms with E-state index < -0.39 is 6.10 Å². The summed E-state index contributed by atoms with van der Waals surface area (Å²) >= 11 is 0. The predicted molar refractivity (Wildman–Crippen MR) is 75.2 cm³/mol. The van der Waals surface area contributed by atoms with Gasteiger partial charge in [-0.3, -0.25) is 4.79 Å². The second kappa shape index (κ2) is 6.68. The van der Waals surface area contributed by atoms with Crippen LogP contribution < -0.4 is 5.32 Å². The Balaban J connectivity index is 1.88. The Morgan fingerprint density at radius 1 is 1.30 bits per heavy atom. The Morgan fingerprint density at radius 2 is 2.05 bits per heavy atom. The standard InChI is InChI=1S/C15H16N2O3/c1-11(20-10-12-6-3-2-4-7-12)15(19)17-14-13(18)8-5-9-16-14/h2-9,11,18H,10H2,1H3,(H,16,17,19). The number of benzene rings is 1. The van der Waals surface area contributed by atoms with E-state index in [-0.39, 0.29) is 17.5 Å². The molecule has 1 amide bonds. The molecule has 0 aliphatic carbocycles. The third-order valence-corrected chi connectivity index (χ3v) is 2.74. The van der Waals surface area contributed by atoms with Gasteiger partial charge in [-0.1, -0.05) is 30.3 Å². The monoisotopic (exact) mass is 272 g/mol. The van der Waals surface area contributed by atoms with Gasteiger partial charge in [0.2, 0.25) is 0 Å². The topological polar surface area (TPSA) is 71.5 Å². The SMILES string of the molecule is CC(OCc1ccccc1)C(=O)Nc1ncccc1O. The van der Waals surface area contributed by atoms with Crippen molar-refractivity contribution < 1.29 is 14.6 Å². The zero-order chi connectivity index (χ0) is 14.4. The maximum absolute atomic E-state index is 11.9. The molecule has 5 heteroatoms. The molecule has 1 aromatic heterocycles. The minimum atomic E-state index is -0.642. The van der Waals surface area contributed by atoms with Gasteiger partial charge in [-0.2, -0.15) is 0 Å². The van der Waals surface area contributed by atoms with Gasteiger partial charge in [-0.15, -0.1) is 0 Å². The molecule has 0 radical (unpaired) electrons. The van der Waals surface area contributed by atoms with Crippen molar-refractivity contribution in [2.45, 2.75) is 19.6 Å². The number of amides is 1. The maximum Gasteiger partial charge on any atom is 0.254 e. The van der Waals surface area contributed by atoms with Crippen molar-refractivity contribution in [3.63, 3.8) is 0 Å². The van der Waals surface area contributed by atoms with Gasteiger partial charge in [0.05, 0.1) is 6.61 Å². The number of hydrogen-bond acceptors (Lipinski definition) is 4. The highest BCUT2D eigenvalue weighted by atomic mass is 16.5. The molecule has 104 valence electrons. The fraction of sp³-hybridized carbons (Fsp3) is 0.200. The largest absolute Gasteiger partial charge is 0.504 e. The lowest BCUT2D eigenvalue weighted by molar-refractivity contribution is -0.127. The average molecular weight is 272 g/mol. The van der Waals surface area contributed by atoms with Crippen LogP contribution in [0.25, 0.3) is 0 Å². The number of anilines is 1. The van der Waals surface area contributed by atoms with Gasteiger partial charge in [0.1, 0.15) is 6.10 Å². The molecule has 0 aliphatic heterocycles. The first-order valence-electron chi connectivity index (χ1n) is 6.27. The smallest absolute Gasteiger partial charge is 0.254 e. The summed E-state index contributed by atoms with van der Waals surface area (Å²) in [5.41, 5.74) is 0.993. The van der Waals surface area contributed by atoms with Gasteiger partial charge >= 0.3 is 0 Å². The van der Waals surface area contributed by atoms with E-state index in [1.807, 2.05) is 30.3 Å². The average Bonchev–Trinajstić information content (AvgIpc) is 2.48. The molecule has 2 rings (SSSR count). The first kappa shape index (κ1) is 14.0. The number of aromatic hydroxyl groups is 1. The molecule has 0 aliphatic rings. The molecular formula is C15H16N2O3. The summed E-state index contributed by atoms with van der Waals surface area (Å²) in [5.74, 6) is -0.293. The first-order valence-corrected chi connectivity index (χ1v) is 6.27. The van der Waals surface area contributed by atoms with E-state index in [0.29, 0.717) is 6.61 Å². The number of pyridine rings is 1. The van der Waals surface area contributed by atoms with Crippen LogP contribution in [0.5, 0.6) is 5.75 Å². The van der Waals surface area contributed by atoms with Gasteiger partial charge in [-0.25, -0.2) is 4.98 Å². The Hall–Kier alpha value is -2.40. The van der Waals surface area contributed by atoms with Crippen LogP contribution in [0.4, 0.5) is 5.82 Å². The van der Waals surface area contributed by atoms with Gasteiger partial charge < -0.3 is 15.2 Å². The van der Waals surface area contributed by atoms with E-state index >= 15 is 0 Å². The van der Waals surface area contributed by atoms with Crippen molar-refractivity contribution in [2.24, 2.45) is 0 Å². The summed E-state index contributed by atoms with van der Waals surface area (Å²) in [6, 6.07) is 12.6. The summed E-state index contributed by atoms with van der Waals surface area (Å²) in [6.45, 7) is 2.00. The van der Waals surface area contributed by atoms with Crippen LogP contribution in [0.3, 0.4) is 0 Å². The summed E-state index contributed by atoms with van der Waals surface area (Å²) in [4.78, 5) is 15.8. The predicted octanol–water partition coefficient (Wildman–Crippen LogP) is 2.33. The lowest BCUT2D eigenvalue weighted by Crippen LogP contribution is -2.28. The Morgan fingerprint density at radius 3 is 2.75 bits per heavy atom. The van der Waals surface area contributed by atoms with Crippen LogP contribution in [-0.4, -0.2) is 22.1 Å². The van der Waals surface area contributed by atoms with Crippen LogP contribution in [0.1, 0.15) is 12.5 Å². The number of nitrogens with one attached hydrogen (secondary N) is 1. The Bertz CT molecular complexity index is 572. The van der Waals surface area contributed by atoms with Crippen molar-refractivity contribution in [3.05, 3.63) is 54.2 Å². The second-order valence-electron chi connectivity index (χ2n) is 4.30. The third-order valence-electron chi connectivity index (χ3n) is 2.74. The molecule has 20 heavy (non-hydrogen) atoms.